The molecule has 0 spiro atoms. The largest absolute Gasteiger partial charge is 0.456 e. The Morgan fingerprint density at radius 1 is 0.143 bits per heavy atom. The molecular formula is C113H82O6. The smallest absolute Gasteiger partial charge is 0.143 e. The molecule has 6 heteroatoms. The molecule has 0 unspecified atom stereocenters. The topological polar surface area (TPSA) is 78.8 Å². The molecule has 6 aromatic heterocycles. The number of benzene rings is 18. The summed E-state index contributed by atoms with van der Waals surface area (Å²) in [6.07, 6.45) is 0. The van der Waals surface area contributed by atoms with Crippen molar-refractivity contribution in [2.75, 3.05) is 0 Å². The van der Waals surface area contributed by atoms with E-state index in [2.05, 4.69) is 350 Å². The molecule has 0 aliphatic heterocycles. The number of fused-ring (bicyclic) bond motifs is 18. The molecule has 0 radical (unpaired) electrons. The van der Waals surface area contributed by atoms with Gasteiger partial charge in [0.15, 0.2) is 0 Å². The third-order valence-corrected chi connectivity index (χ3v) is 22.3. The first-order valence-corrected chi connectivity index (χ1v) is 40.4. The van der Waals surface area contributed by atoms with Crippen LogP contribution in [0.25, 0.3) is 198 Å². The molecular weight excluding hydrogens is 1450 g/mol. The number of rotatable bonds is 6. The van der Waals surface area contributed by atoms with Gasteiger partial charge in [-0.2, -0.15) is 0 Å². The van der Waals surface area contributed by atoms with Gasteiger partial charge in [0.25, 0.3) is 0 Å². The summed E-state index contributed by atoms with van der Waals surface area (Å²) in [5, 5.41) is 14.2. The summed E-state index contributed by atoms with van der Waals surface area (Å²) < 4.78 is 35.5. The van der Waals surface area contributed by atoms with Crippen LogP contribution in [0.1, 0.15) is 27.8 Å². The predicted octanol–water partition coefficient (Wildman–Crippen LogP) is 33.1. The summed E-state index contributed by atoms with van der Waals surface area (Å²) in [7, 11) is 0. The minimum absolute atomic E-state index is 0.946. The van der Waals surface area contributed by atoms with Crippen molar-refractivity contribution in [1.82, 2.24) is 0 Å². The van der Waals surface area contributed by atoms with E-state index in [1.807, 2.05) is 91.0 Å². The molecule has 0 aliphatic rings. The van der Waals surface area contributed by atoms with Gasteiger partial charge in [0.05, 0.1) is 0 Å². The highest BCUT2D eigenvalue weighted by Crippen LogP contribution is 2.41. The van der Waals surface area contributed by atoms with Crippen LogP contribution in [0.2, 0.25) is 0 Å². The van der Waals surface area contributed by atoms with Crippen LogP contribution in [0.5, 0.6) is 0 Å². The Morgan fingerprint density at radius 3 is 1.00 bits per heavy atom. The Bertz CT molecular complexity index is 7750. The van der Waals surface area contributed by atoms with Crippen molar-refractivity contribution in [3.05, 3.63) is 434 Å². The maximum atomic E-state index is 6.07. The third kappa shape index (κ3) is 15.2. The van der Waals surface area contributed by atoms with E-state index < -0.39 is 0 Å². The molecule has 6 nitrogen and oxygen atoms in total. The highest BCUT2D eigenvalue weighted by Gasteiger charge is 2.17. The number of hydrogen-bond donors (Lipinski definition) is 0. The fourth-order valence-electron chi connectivity index (χ4n) is 16.2. The van der Waals surface area contributed by atoms with Gasteiger partial charge in [-0.3, -0.25) is 0 Å². The van der Waals surface area contributed by atoms with Gasteiger partial charge in [-0.15, -0.1) is 0 Å². The lowest BCUT2D eigenvalue weighted by Crippen LogP contribution is -1.81. The van der Waals surface area contributed by atoms with Crippen molar-refractivity contribution in [1.29, 1.82) is 0 Å². The summed E-state index contributed by atoms with van der Waals surface area (Å²) in [5.74, 6) is 0. The first kappa shape index (κ1) is 73.9. The van der Waals surface area contributed by atoms with E-state index in [1.54, 1.807) is 0 Å². The predicted molar refractivity (Wildman–Crippen MR) is 499 cm³/mol. The van der Waals surface area contributed by atoms with E-state index in [1.165, 1.54) is 154 Å². The standard InChI is InChI=1S/5C19H14O.C18H12O/c1-13-5-4-6-14(11-13)15-9-10-19-17(12-15)16-7-2-3-8-18(16)20-19;1-13-6-2-3-7-15(13)14-10-11-19-17(12-14)16-8-4-5-9-18(16)20-19;1-13-9-11-14(12-10-13)15-6-4-7-17-16-5-2-3-8-18(16)20-19(15)17;1-13-9-11-14(12-10-13)15-6-4-8-18-19(15)16-5-2-3-7-17(16)20-18;1-13-6-8-14(9-7-13)15-10-11-19-17(12-15)16-4-2-3-5-18(16)20-19;1-2-6-13(7-3-1)14-10-11-16-15-8-4-5-9-17(15)19-18(16)12-14/h5*2-12H,1H3;1-12H. The second-order valence-electron chi connectivity index (χ2n) is 30.4. The number of aryl methyl sites for hydroxylation is 5. The first-order valence-electron chi connectivity index (χ1n) is 40.4. The second-order valence-corrected chi connectivity index (χ2v) is 30.4. The summed E-state index contributed by atoms with van der Waals surface area (Å²) in [6.45, 7) is 10.6. The van der Waals surface area contributed by atoms with E-state index in [-0.39, 0.29) is 0 Å². The summed E-state index contributed by atoms with van der Waals surface area (Å²) in [4.78, 5) is 0. The lowest BCUT2D eigenvalue weighted by molar-refractivity contribution is 0.668. The summed E-state index contributed by atoms with van der Waals surface area (Å²) >= 11 is 0. The molecule has 0 aliphatic carbocycles. The van der Waals surface area contributed by atoms with Crippen molar-refractivity contribution in [2.24, 2.45) is 0 Å². The Labute approximate surface area is 689 Å². The number of para-hydroxylation sites is 7. The summed E-state index contributed by atoms with van der Waals surface area (Å²) in [6, 6.07) is 141. The lowest BCUT2D eigenvalue weighted by atomic mass is 9.99. The van der Waals surface area contributed by atoms with Crippen LogP contribution < -0.4 is 0 Å². The molecule has 24 aromatic rings. The van der Waals surface area contributed by atoms with Gasteiger partial charge in [0, 0.05) is 70.2 Å². The zero-order chi connectivity index (χ0) is 80.3. The van der Waals surface area contributed by atoms with Gasteiger partial charge < -0.3 is 26.5 Å². The minimum atomic E-state index is 0.946. The maximum Gasteiger partial charge on any atom is 0.143 e. The van der Waals surface area contributed by atoms with Crippen LogP contribution >= 0.6 is 0 Å². The molecule has 0 atom stereocenters. The van der Waals surface area contributed by atoms with Crippen molar-refractivity contribution in [3.8, 4) is 66.8 Å². The molecule has 0 N–H and O–H groups in total. The van der Waals surface area contributed by atoms with Crippen LogP contribution in [0.15, 0.2) is 433 Å². The summed E-state index contributed by atoms with van der Waals surface area (Å²) in [5.41, 5.74) is 32.4. The third-order valence-electron chi connectivity index (χ3n) is 22.3. The molecule has 18 aromatic carbocycles. The van der Waals surface area contributed by atoms with Crippen molar-refractivity contribution >= 4 is 132 Å². The highest BCUT2D eigenvalue weighted by molar-refractivity contribution is 6.14. The average Bonchev–Trinajstić information content (AvgIpc) is 1.65. The van der Waals surface area contributed by atoms with Gasteiger partial charge in [-0.05, 0) is 192 Å². The van der Waals surface area contributed by atoms with Crippen LogP contribution in [-0.4, -0.2) is 0 Å². The molecule has 24 rings (SSSR count). The van der Waals surface area contributed by atoms with Crippen molar-refractivity contribution in [3.63, 3.8) is 0 Å². The van der Waals surface area contributed by atoms with Gasteiger partial charge >= 0.3 is 0 Å². The van der Waals surface area contributed by atoms with Crippen LogP contribution in [-0.2, 0) is 0 Å². The molecule has 0 amide bonds. The van der Waals surface area contributed by atoms with Gasteiger partial charge in [-0.25, -0.2) is 0 Å². The Kier molecular flexibility index (Phi) is 20.2. The van der Waals surface area contributed by atoms with Crippen molar-refractivity contribution < 1.29 is 26.5 Å². The fourth-order valence-corrected chi connectivity index (χ4v) is 16.2. The zero-order valence-electron chi connectivity index (χ0n) is 66.6. The lowest BCUT2D eigenvalue weighted by Gasteiger charge is -2.05. The highest BCUT2D eigenvalue weighted by atomic mass is 16.3. The molecule has 570 valence electrons. The number of furan rings is 6. The monoisotopic (exact) mass is 1530 g/mol. The van der Waals surface area contributed by atoms with E-state index in [0.29, 0.717) is 0 Å². The van der Waals surface area contributed by atoms with Crippen LogP contribution in [0.3, 0.4) is 0 Å². The van der Waals surface area contributed by atoms with Gasteiger partial charge in [0.2, 0.25) is 0 Å². The molecule has 0 saturated heterocycles. The number of hydrogen-bond acceptors (Lipinski definition) is 6. The van der Waals surface area contributed by atoms with E-state index in [0.717, 1.165) is 72.6 Å². The van der Waals surface area contributed by atoms with Gasteiger partial charge in [-0.1, -0.05) is 338 Å². The SMILES string of the molecule is Cc1ccc(-c2ccc3oc4ccccc4c3c2)cc1.Cc1ccc(-c2cccc3c2oc2ccccc23)cc1.Cc1ccc(-c2cccc3oc4ccccc4c23)cc1.Cc1cccc(-c2ccc3oc4ccccc4c3c2)c1.Cc1ccccc1-c1ccc2oc3ccccc3c2c1.c1ccc(-c2ccc3c(c2)oc2ccccc23)cc1. The molecule has 0 bridgehead atoms. The van der Waals surface area contributed by atoms with Crippen LogP contribution in [0, 0.1) is 34.6 Å². The first-order chi connectivity index (χ1) is 58.5. The van der Waals surface area contributed by atoms with Crippen LogP contribution in [0.4, 0.5) is 0 Å². The molecule has 119 heavy (non-hydrogen) atoms. The van der Waals surface area contributed by atoms with Gasteiger partial charge in [0.1, 0.15) is 67.0 Å². The van der Waals surface area contributed by atoms with Crippen molar-refractivity contribution in [2.45, 2.75) is 34.6 Å². The quantitative estimate of drug-likeness (QED) is 0.165. The normalized spacial score (nSPS) is 11.2. The minimum Gasteiger partial charge on any atom is -0.456 e. The Balaban J connectivity index is 0.0000000946. The Hall–Kier alpha value is -15.2. The molecule has 6 heterocycles. The Morgan fingerprint density at radius 2 is 0.454 bits per heavy atom. The zero-order valence-corrected chi connectivity index (χ0v) is 66.6. The maximum absolute atomic E-state index is 6.07. The van der Waals surface area contributed by atoms with E-state index in [4.69, 9.17) is 26.5 Å². The average molecular weight is 1540 g/mol. The molecule has 0 fully saturated rings. The fraction of sp³-hybridized carbons (Fsp3) is 0.0442. The van der Waals surface area contributed by atoms with E-state index >= 15 is 0 Å². The second kappa shape index (κ2) is 32.6. The van der Waals surface area contributed by atoms with E-state index in [9.17, 15) is 0 Å². The molecule has 0 saturated carbocycles.